The predicted octanol–water partition coefficient (Wildman–Crippen LogP) is 1.63. The van der Waals surface area contributed by atoms with E-state index in [1.165, 1.54) is 6.07 Å². The fourth-order valence-electron chi connectivity index (χ4n) is 2.12. The Kier molecular flexibility index (Phi) is 5.76. The van der Waals surface area contributed by atoms with Crippen LogP contribution in [0.3, 0.4) is 0 Å². The third-order valence-electron chi connectivity index (χ3n) is 3.36. The van der Waals surface area contributed by atoms with Gasteiger partial charge in [-0.25, -0.2) is 4.79 Å². The second-order valence-electron chi connectivity index (χ2n) is 5.66. The number of nitrogens with one attached hydrogen (secondary N) is 1. The maximum absolute atomic E-state index is 12.0. The van der Waals surface area contributed by atoms with Crippen molar-refractivity contribution in [2.24, 2.45) is 0 Å². The fraction of sp³-hybridized carbons (Fsp3) is 0.412. The molecule has 0 bridgehead atoms. The number of amides is 1. The summed E-state index contributed by atoms with van der Waals surface area (Å²) in [5.41, 5.74) is 0.0231. The molecular weight excluding hydrogens is 296 g/mol. The molecule has 0 saturated heterocycles. The molecular formula is C17H22N2O4. The lowest BCUT2D eigenvalue weighted by Crippen LogP contribution is -2.37. The molecule has 0 spiro atoms. The Bertz CT molecular complexity index is 724. The lowest BCUT2D eigenvalue weighted by Gasteiger charge is -2.15. The first-order valence-electron chi connectivity index (χ1n) is 7.59. The van der Waals surface area contributed by atoms with Crippen LogP contribution in [-0.2, 0) is 4.79 Å². The molecule has 1 atom stereocenters. The molecule has 6 nitrogen and oxygen atoms in total. The molecule has 0 aliphatic carbocycles. The fourth-order valence-corrected chi connectivity index (χ4v) is 2.12. The highest BCUT2D eigenvalue weighted by Gasteiger charge is 2.14. The van der Waals surface area contributed by atoms with E-state index in [0.717, 1.165) is 18.4 Å². The summed E-state index contributed by atoms with van der Waals surface area (Å²) >= 11 is 0. The van der Waals surface area contributed by atoms with Crippen molar-refractivity contribution in [3.63, 3.8) is 0 Å². The molecule has 0 saturated carbocycles. The molecule has 1 heterocycles. The molecule has 1 unspecified atom stereocenters. The Balaban J connectivity index is 1.92. The first-order chi connectivity index (χ1) is 11.0. The number of benzene rings is 1. The van der Waals surface area contributed by atoms with Gasteiger partial charge < -0.3 is 19.4 Å². The molecule has 2 rings (SSSR count). The number of carbonyl (C=O) groups excluding carboxylic acids is 1. The van der Waals surface area contributed by atoms with Crippen LogP contribution < -0.4 is 15.7 Å². The molecule has 0 aliphatic rings. The van der Waals surface area contributed by atoms with Gasteiger partial charge in [0.1, 0.15) is 11.3 Å². The first-order valence-corrected chi connectivity index (χ1v) is 7.59. The van der Waals surface area contributed by atoms with Crippen LogP contribution >= 0.6 is 0 Å². The van der Waals surface area contributed by atoms with Gasteiger partial charge in [-0.1, -0.05) is 0 Å². The SMILES string of the molecule is CC(Oc1ccc2ccc(=O)oc2c1)C(=O)NCCCN(C)C. The van der Waals surface area contributed by atoms with Crippen molar-refractivity contribution >= 4 is 16.9 Å². The van der Waals surface area contributed by atoms with Gasteiger partial charge in [0.25, 0.3) is 5.91 Å². The van der Waals surface area contributed by atoms with Crippen molar-refractivity contribution in [3.05, 3.63) is 40.8 Å². The standard InChI is InChI=1S/C17H22N2O4/c1-12(17(21)18-9-4-10-19(2)3)22-14-7-5-13-6-8-16(20)23-15(13)11-14/h5-8,11-12H,4,9-10H2,1-3H3,(H,18,21). The Morgan fingerprint density at radius 1 is 1.30 bits per heavy atom. The second-order valence-corrected chi connectivity index (χ2v) is 5.66. The summed E-state index contributed by atoms with van der Waals surface area (Å²) in [5.74, 6) is 0.321. The minimum absolute atomic E-state index is 0.168. The predicted molar refractivity (Wildman–Crippen MR) is 88.8 cm³/mol. The molecule has 0 radical (unpaired) electrons. The van der Waals surface area contributed by atoms with Gasteiger partial charge in [-0.15, -0.1) is 0 Å². The Hall–Kier alpha value is -2.34. The summed E-state index contributed by atoms with van der Waals surface area (Å²) in [6, 6.07) is 8.21. The van der Waals surface area contributed by atoms with E-state index in [1.54, 1.807) is 31.2 Å². The summed E-state index contributed by atoms with van der Waals surface area (Å²) in [6.07, 6.45) is 0.259. The molecule has 124 valence electrons. The second kappa shape index (κ2) is 7.78. The quantitative estimate of drug-likeness (QED) is 0.620. The molecule has 1 aromatic heterocycles. The maximum Gasteiger partial charge on any atom is 0.336 e. The Morgan fingerprint density at radius 3 is 2.78 bits per heavy atom. The van der Waals surface area contributed by atoms with Crippen LogP contribution in [0.1, 0.15) is 13.3 Å². The first kappa shape index (κ1) is 17.0. The van der Waals surface area contributed by atoms with Crippen LogP contribution in [0, 0.1) is 0 Å². The van der Waals surface area contributed by atoms with E-state index < -0.39 is 11.7 Å². The zero-order valence-corrected chi connectivity index (χ0v) is 13.7. The normalized spacial score (nSPS) is 12.3. The van der Waals surface area contributed by atoms with E-state index in [-0.39, 0.29) is 5.91 Å². The zero-order valence-electron chi connectivity index (χ0n) is 13.7. The number of rotatable bonds is 7. The minimum Gasteiger partial charge on any atom is -0.481 e. The molecule has 2 aromatic rings. The Labute approximate surface area is 135 Å². The number of nitrogens with zero attached hydrogens (tertiary/aromatic N) is 1. The van der Waals surface area contributed by atoms with Crippen LogP contribution in [0.25, 0.3) is 11.0 Å². The van der Waals surface area contributed by atoms with Crippen molar-refractivity contribution < 1.29 is 13.9 Å². The molecule has 0 aliphatic heterocycles. The van der Waals surface area contributed by atoms with Gasteiger partial charge in [0.15, 0.2) is 6.10 Å². The molecule has 6 heteroatoms. The number of hydrogen-bond donors (Lipinski definition) is 1. The van der Waals surface area contributed by atoms with Crippen molar-refractivity contribution in [1.29, 1.82) is 0 Å². The molecule has 1 amide bonds. The number of hydrogen-bond acceptors (Lipinski definition) is 5. The summed E-state index contributed by atoms with van der Waals surface area (Å²) in [4.78, 5) is 25.3. The van der Waals surface area contributed by atoms with Gasteiger partial charge in [-0.3, -0.25) is 4.79 Å². The number of ether oxygens (including phenoxy) is 1. The van der Waals surface area contributed by atoms with Gasteiger partial charge in [0.2, 0.25) is 0 Å². The third kappa shape index (κ3) is 5.10. The topological polar surface area (TPSA) is 71.8 Å². The summed E-state index contributed by atoms with van der Waals surface area (Å²) < 4.78 is 10.7. The van der Waals surface area contributed by atoms with Gasteiger partial charge >= 0.3 is 5.63 Å². The molecule has 1 aromatic carbocycles. The summed E-state index contributed by atoms with van der Waals surface area (Å²) in [5, 5.41) is 3.64. The van der Waals surface area contributed by atoms with Gasteiger partial charge in [0, 0.05) is 24.1 Å². The third-order valence-corrected chi connectivity index (χ3v) is 3.36. The van der Waals surface area contributed by atoms with Crippen molar-refractivity contribution in [1.82, 2.24) is 10.2 Å². The van der Waals surface area contributed by atoms with Crippen molar-refractivity contribution in [2.45, 2.75) is 19.4 Å². The molecule has 23 heavy (non-hydrogen) atoms. The van der Waals surface area contributed by atoms with Crippen molar-refractivity contribution in [2.75, 3.05) is 27.2 Å². The summed E-state index contributed by atoms with van der Waals surface area (Å²) in [6.45, 7) is 3.21. The van der Waals surface area contributed by atoms with Crippen LogP contribution in [0.4, 0.5) is 0 Å². The molecule has 1 N–H and O–H groups in total. The van der Waals surface area contributed by atoms with E-state index in [2.05, 4.69) is 10.2 Å². The van der Waals surface area contributed by atoms with Crippen LogP contribution in [-0.4, -0.2) is 44.1 Å². The smallest absolute Gasteiger partial charge is 0.336 e. The number of carbonyl (C=O) groups is 1. The van der Waals surface area contributed by atoms with E-state index in [4.69, 9.17) is 9.15 Å². The maximum atomic E-state index is 12.0. The highest BCUT2D eigenvalue weighted by atomic mass is 16.5. The average molecular weight is 318 g/mol. The zero-order chi connectivity index (χ0) is 16.8. The highest BCUT2D eigenvalue weighted by Crippen LogP contribution is 2.20. The largest absolute Gasteiger partial charge is 0.481 e. The minimum atomic E-state index is -0.623. The monoisotopic (exact) mass is 318 g/mol. The van der Waals surface area contributed by atoms with E-state index in [1.807, 2.05) is 14.1 Å². The van der Waals surface area contributed by atoms with Gasteiger partial charge in [-0.2, -0.15) is 0 Å². The van der Waals surface area contributed by atoms with Crippen molar-refractivity contribution in [3.8, 4) is 5.75 Å². The highest BCUT2D eigenvalue weighted by molar-refractivity contribution is 5.81. The lowest BCUT2D eigenvalue weighted by atomic mass is 10.2. The summed E-state index contributed by atoms with van der Waals surface area (Å²) in [7, 11) is 3.98. The van der Waals surface area contributed by atoms with E-state index in [9.17, 15) is 9.59 Å². The van der Waals surface area contributed by atoms with Crippen LogP contribution in [0.2, 0.25) is 0 Å². The number of fused-ring (bicyclic) bond motifs is 1. The van der Waals surface area contributed by atoms with Gasteiger partial charge in [-0.05, 0) is 52.2 Å². The van der Waals surface area contributed by atoms with E-state index in [0.29, 0.717) is 17.9 Å². The Morgan fingerprint density at radius 2 is 2.04 bits per heavy atom. The molecule has 0 fully saturated rings. The van der Waals surface area contributed by atoms with Gasteiger partial charge in [0.05, 0.1) is 0 Å². The average Bonchev–Trinajstić information content (AvgIpc) is 2.50. The lowest BCUT2D eigenvalue weighted by molar-refractivity contribution is -0.127. The van der Waals surface area contributed by atoms with E-state index >= 15 is 0 Å². The van der Waals surface area contributed by atoms with Crippen LogP contribution in [0.15, 0.2) is 39.5 Å². The van der Waals surface area contributed by atoms with Crippen LogP contribution in [0.5, 0.6) is 5.75 Å².